The maximum atomic E-state index is 14.2. The topological polar surface area (TPSA) is 102 Å². The van der Waals surface area contributed by atoms with E-state index in [1.165, 1.54) is 25.2 Å². The Morgan fingerprint density at radius 1 is 0.900 bits per heavy atom. The van der Waals surface area contributed by atoms with Crippen LogP contribution in [-0.4, -0.2) is 94.2 Å². The second-order valence-corrected chi connectivity index (χ2v) is 17.2. The Labute approximate surface area is 299 Å². The summed E-state index contributed by atoms with van der Waals surface area (Å²) < 4.78 is 29.5. The second-order valence-electron chi connectivity index (χ2n) is 15.3. The third-order valence-corrected chi connectivity index (χ3v) is 13.5. The van der Waals surface area contributed by atoms with Gasteiger partial charge in [0.15, 0.2) is 9.84 Å². The molecule has 4 aliphatic rings. The van der Waals surface area contributed by atoms with Crippen LogP contribution in [0.1, 0.15) is 75.0 Å². The van der Waals surface area contributed by atoms with Crippen LogP contribution in [0.2, 0.25) is 0 Å². The lowest BCUT2D eigenvalue weighted by Crippen LogP contribution is -2.66. The first-order valence-corrected chi connectivity index (χ1v) is 20.2. The lowest BCUT2D eigenvalue weighted by Gasteiger charge is -2.50. The number of sulfone groups is 1. The van der Waals surface area contributed by atoms with E-state index in [0.29, 0.717) is 24.1 Å². The Morgan fingerprint density at radius 2 is 1.52 bits per heavy atom. The highest BCUT2D eigenvalue weighted by molar-refractivity contribution is 7.91. The number of amides is 2. The molecule has 2 bridgehead atoms. The number of benzene rings is 3. The van der Waals surface area contributed by atoms with Crippen LogP contribution >= 0.6 is 0 Å². The van der Waals surface area contributed by atoms with Crippen LogP contribution < -0.4 is 15.5 Å². The Kier molecular flexibility index (Phi) is 10.9. The molecule has 10 heteroatoms. The monoisotopic (exact) mass is 702 g/mol. The Morgan fingerprint density at radius 3 is 2.14 bits per heavy atom. The lowest BCUT2D eigenvalue weighted by atomic mass is 9.68. The van der Waals surface area contributed by atoms with Gasteiger partial charge in [-0.15, -0.1) is 0 Å². The summed E-state index contributed by atoms with van der Waals surface area (Å²) in [7, 11) is 0.158. The molecule has 3 saturated heterocycles. The predicted octanol–water partition coefficient (Wildman–Crippen LogP) is 6.69. The zero-order valence-electron chi connectivity index (χ0n) is 30.3. The number of carbonyl (C=O) groups excluding carboxylic acids is 1. The van der Waals surface area contributed by atoms with E-state index >= 15 is 0 Å². The van der Waals surface area contributed by atoms with Crippen LogP contribution in [0.15, 0.2) is 71.6 Å². The van der Waals surface area contributed by atoms with Gasteiger partial charge in [0, 0.05) is 67.7 Å². The molecule has 9 nitrogen and oxygen atoms in total. The van der Waals surface area contributed by atoms with E-state index in [0.717, 1.165) is 73.3 Å². The van der Waals surface area contributed by atoms with Crippen LogP contribution in [-0.2, 0) is 16.4 Å². The Balaban J connectivity index is 1.29. The molecule has 50 heavy (non-hydrogen) atoms. The molecule has 2 amide bonds. The molecule has 4 aliphatic heterocycles. The first-order valence-electron chi connectivity index (χ1n) is 18.5. The van der Waals surface area contributed by atoms with Crippen molar-refractivity contribution in [3.63, 3.8) is 0 Å². The van der Waals surface area contributed by atoms with E-state index in [4.69, 9.17) is 0 Å². The smallest absolute Gasteiger partial charge is 0.323 e. The van der Waals surface area contributed by atoms with Crippen molar-refractivity contribution < 1.29 is 22.8 Å². The first-order chi connectivity index (χ1) is 24.0. The summed E-state index contributed by atoms with van der Waals surface area (Å²) in [4.78, 5) is 18.2. The van der Waals surface area contributed by atoms with Crippen molar-refractivity contribution in [1.29, 1.82) is 0 Å². The van der Waals surface area contributed by atoms with Crippen LogP contribution in [0.5, 0.6) is 0 Å². The van der Waals surface area contributed by atoms with Gasteiger partial charge in [0.25, 0.3) is 0 Å². The summed E-state index contributed by atoms with van der Waals surface area (Å²) in [6, 6.07) is 20.8. The summed E-state index contributed by atoms with van der Waals surface area (Å²) in [5, 5.41) is 18.6. The first kappa shape index (κ1) is 36.4. The molecule has 0 saturated carbocycles. The number of aliphatic hydroxyl groups excluding tert-OH is 1. The number of piperazine rings is 3. The van der Waals surface area contributed by atoms with E-state index in [9.17, 15) is 18.3 Å². The predicted molar refractivity (Wildman–Crippen MR) is 203 cm³/mol. The zero-order valence-corrected chi connectivity index (χ0v) is 31.1. The van der Waals surface area contributed by atoms with Gasteiger partial charge in [0.05, 0.1) is 36.4 Å². The number of rotatable bonds is 12. The molecule has 4 heterocycles. The fraction of sp³-hybridized carbons (Fsp3) is 0.525. The molecule has 3 aromatic carbocycles. The molecule has 1 unspecified atom stereocenters. The average molecular weight is 703 g/mol. The molecule has 0 radical (unpaired) electrons. The van der Waals surface area contributed by atoms with Gasteiger partial charge in [0.2, 0.25) is 0 Å². The number of urea groups is 1. The van der Waals surface area contributed by atoms with E-state index in [-0.39, 0.29) is 16.7 Å². The van der Waals surface area contributed by atoms with Gasteiger partial charge in [-0.2, -0.15) is 0 Å². The highest BCUT2D eigenvalue weighted by Crippen LogP contribution is 2.50. The van der Waals surface area contributed by atoms with Crippen LogP contribution in [0.25, 0.3) is 0 Å². The van der Waals surface area contributed by atoms with Gasteiger partial charge >= 0.3 is 6.03 Å². The molecule has 0 aromatic heterocycles. The van der Waals surface area contributed by atoms with Gasteiger partial charge < -0.3 is 25.1 Å². The van der Waals surface area contributed by atoms with E-state index in [2.05, 4.69) is 41.5 Å². The van der Waals surface area contributed by atoms with Crippen LogP contribution in [0.3, 0.4) is 0 Å². The van der Waals surface area contributed by atoms with Crippen molar-refractivity contribution in [2.75, 3.05) is 74.7 Å². The summed E-state index contributed by atoms with van der Waals surface area (Å²) in [6.45, 7) is 12.2. The molecule has 0 spiro atoms. The largest absolute Gasteiger partial charge is 0.392 e. The van der Waals surface area contributed by atoms with E-state index < -0.39 is 27.3 Å². The zero-order chi connectivity index (χ0) is 35.5. The number of quaternary nitrogens is 1. The summed E-state index contributed by atoms with van der Waals surface area (Å²) in [5.41, 5.74) is 4.01. The molecular weight excluding hydrogens is 647 g/mol. The maximum Gasteiger partial charge on any atom is 0.323 e. The number of hydrogen-bond acceptors (Lipinski definition) is 6. The van der Waals surface area contributed by atoms with Crippen LogP contribution in [0.4, 0.5) is 21.9 Å². The van der Waals surface area contributed by atoms with Gasteiger partial charge in [-0.05, 0) is 66.4 Å². The number of hydrogen-bond donors (Lipinski definition) is 3. The molecule has 7 rings (SSSR count). The number of unbranched alkanes of at least 4 members (excludes halogenated alkanes) is 2. The molecular formula is C40H56N5O4S+. The highest BCUT2D eigenvalue weighted by Gasteiger charge is 2.49. The maximum absolute atomic E-state index is 14.2. The van der Waals surface area contributed by atoms with Crippen molar-refractivity contribution in [3.8, 4) is 0 Å². The molecule has 3 aromatic rings. The SMILES string of the molecule is CCCCC1(CCCC)CS(=O)(=O)c2ccc(N(C)C)cc2[C@@H](c2cccc(NC(=O)Nc3cccc(C[N+]45CCN(CC4)CC5)c3)c2)C1O. The number of nitrogens with one attached hydrogen (secondary N) is 2. The minimum Gasteiger partial charge on any atom is -0.392 e. The quantitative estimate of drug-likeness (QED) is 0.182. The van der Waals surface area contributed by atoms with Gasteiger partial charge in [-0.3, -0.25) is 4.90 Å². The van der Waals surface area contributed by atoms with Gasteiger partial charge in [0.1, 0.15) is 6.54 Å². The van der Waals surface area contributed by atoms with Gasteiger partial charge in [-0.1, -0.05) is 63.8 Å². The minimum absolute atomic E-state index is 0.0795. The average Bonchev–Trinajstić information content (AvgIpc) is 3.17. The highest BCUT2D eigenvalue weighted by atomic mass is 32.2. The van der Waals surface area contributed by atoms with Crippen molar-refractivity contribution >= 4 is 32.9 Å². The molecule has 270 valence electrons. The third kappa shape index (κ3) is 7.73. The summed E-state index contributed by atoms with van der Waals surface area (Å²) in [5.74, 6) is -0.675. The minimum atomic E-state index is -3.71. The number of fused-ring (bicyclic) bond motifs is 4. The van der Waals surface area contributed by atoms with Crippen molar-refractivity contribution in [3.05, 3.63) is 83.4 Å². The Bertz CT molecular complexity index is 1750. The molecule has 0 aliphatic carbocycles. The van der Waals surface area contributed by atoms with E-state index in [1.807, 2.05) is 67.5 Å². The number of carbonyl (C=O) groups is 1. The molecule has 2 atom stereocenters. The standard InChI is InChI=1S/C40H55N5O4S/c1-5-7-17-40(18-8-6-2)29-50(48,49)36-16-15-34(43(3)4)27-35(36)37(38(40)46)31-12-10-14-33(26-31)42-39(47)41-32-13-9-11-30(25-32)28-45-22-19-44(20-23-45)21-24-45/h9-16,25-27,37-38,46H,5-8,17-24,28-29H2,1-4H3,(H-,41,42,47)/p+1/t37-,38?/m1/s1. The molecule has 3 fully saturated rings. The number of nitrogens with zero attached hydrogens (tertiary/aromatic N) is 3. The number of anilines is 3. The van der Waals surface area contributed by atoms with Crippen molar-refractivity contribution in [2.45, 2.75) is 75.8 Å². The second kappa shape index (κ2) is 15.0. The summed E-state index contributed by atoms with van der Waals surface area (Å²) in [6.07, 6.45) is 3.83. The summed E-state index contributed by atoms with van der Waals surface area (Å²) >= 11 is 0. The normalized spacial score (nSPS) is 24.9. The fourth-order valence-electron chi connectivity index (χ4n) is 8.60. The van der Waals surface area contributed by atoms with Gasteiger partial charge in [-0.25, -0.2) is 13.2 Å². The van der Waals surface area contributed by atoms with Crippen molar-refractivity contribution in [1.82, 2.24) is 4.90 Å². The lowest BCUT2D eigenvalue weighted by molar-refractivity contribution is -0.953. The third-order valence-electron chi connectivity index (χ3n) is 11.5. The molecule has 3 N–H and O–H groups in total. The van der Waals surface area contributed by atoms with E-state index in [1.54, 1.807) is 6.07 Å². The number of aliphatic hydroxyl groups is 1. The fourth-order valence-corrected chi connectivity index (χ4v) is 10.8. The van der Waals surface area contributed by atoms with Crippen molar-refractivity contribution in [2.24, 2.45) is 5.41 Å². The Hall–Kier alpha value is -3.44. The van der Waals surface area contributed by atoms with Crippen LogP contribution in [0, 0.1) is 5.41 Å².